The van der Waals surface area contributed by atoms with Gasteiger partial charge in [-0.15, -0.1) is 0 Å². The van der Waals surface area contributed by atoms with E-state index in [0.29, 0.717) is 11.3 Å². The van der Waals surface area contributed by atoms with Crippen molar-refractivity contribution in [2.75, 3.05) is 5.32 Å². The Hall–Kier alpha value is -2.44. The van der Waals surface area contributed by atoms with Gasteiger partial charge in [-0.05, 0) is 55.7 Å². The average molecular weight is 344 g/mol. The second kappa shape index (κ2) is 6.98. The standard InChI is InChI=1S/C18H20N2O3S/c1-12-4-6-15(14(3)10-12)7-9-18(21)20-16-8-5-13(2)17(11-16)24(19,22)23/h4-11H,1-3H3,(H,20,21)(H2,19,22,23)/b9-7+. The fraction of sp³-hybridized carbons (Fsp3) is 0.167. The van der Waals surface area contributed by atoms with Crippen LogP contribution in [0.1, 0.15) is 22.3 Å². The summed E-state index contributed by atoms with van der Waals surface area (Å²) in [5, 5.41) is 7.80. The van der Waals surface area contributed by atoms with E-state index in [1.54, 1.807) is 25.1 Å². The Balaban J connectivity index is 2.17. The van der Waals surface area contributed by atoms with E-state index in [1.807, 2.05) is 32.0 Å². The highest BCUT2D eigenvalue weighted by Gasteiger charge is 2.12. The molecular weight excluding hydrogens is 324 g/mol. The zero-order valence-corrected chi connectivity index (χ0v) is 14.6. The van der Waals surface area contributed by atoms with Gasteiger partial charge in [0.15, 0.2) is 0 Å². The molecule has 24 heavy (non-hydrogen) atoms. The molecule has 0 heterocycles. The minimum atomic E-state index is -3.83. The summed E-state index contributed by atoms with van der Waals surface area (Å²) in [4.78, 5) is 12.0. The number of hydrogen-bond acceptors (Lipinski definition) is 3. The lowest BCUT2D eigenvalue weighted by atomic mass is 10.1. The molecule has 2 aromatic carbocycles. The zero-order valence-electron chi connectivity index (χ0n) is 13.8. The normalized spacial score (nSPS) is 11.7. The van der Waals surface area contributed by atoms with Crippen LogP contribution in [0.3, 0.4) is 0 Å². The minimum absolute atomic E-state index is 0.00124. The van der Waals surface area contributed by atoms with Crippen LogP contribution >= 0.6 is 0 Å². The van der Waals surface area contributed by atoms with Gasteiger partial charge in [0, 0.05) is 11.8 Å². The van der Waals surface area contributed by atoms with Crippen LogP contribution in [0.15, 0.2) is 47.4 Å². The number of anilines is 1. The lowest BCUT2D eigenvalue weighted by molar-refractivity contribution is -0.111. The Labute approximate surface area is 142 Å². The molecule has 0 aromatic heterocycles. The first-order valence-corrected chi connectivity index (χ1v) is 8.91. The fourth-order valence-electron chi connectivity index (χ4n) is 2.35. The quantitative estimate of drug-likeness (QED) is 0.836. The van der Waals surface area contributed by atoms with E-state index in [4.69, 9.17) is 5.14 Å². The fourth-order valence-corrected chi connectivity index (χ4v) is 3.15. The van der Waals surface area contributed by atoms with Gasteiger partial charge >= 0.3 is 0 Å². The Morgan fingerprint density at radius 1 is 1.04 bits per heavy atom. The number of primary sulfonamides is 1. The van der Waals surface area contributed by atoms with Crippen molar-refractivity contribution in [3.05, 3.63) is 64.7 Å². The van der Waals surface area contributed by atoms with Crippen molar-refractivity contribution in [1.29, 1.82) is 0 Å². The molecule has 0 saturated heterocycles. The highest BCUT2D eigenvalue weighted by atomic mass is 32.2. The molecule has 0 atom stereocenters. The second-order valence-electron chi connectivity index (χ2n) is 5.71. The van der Waals surface area contributed by atoms with E-state index < -0.39 is 10.0 Å². The van der Waals surface area contributed by atoms with Gasteiger partial charge in [0.25, 0.3) is 0 Å². The molecule has 0 aliphatic rings. The van der Waals surface area contributed by atoms with Gasteiger partial charge in [0.1, 0.15) is 0 Å². The molecule has 2 rings (SSSR count). The first kappa shape index (κ1) is 17.9. The molecule has 0 radical (unpaired) electrons. The molecule has 0 saturated carbocycles. The average Bonchev–Trinajstić information content (AvgIpc) is 2.47. The maximum absolute atomic E-state index is 12.0. The number of benzene rings is 2. The smallest absolute Gasteiger partial charge is 0.248 e. The van der Waals surface area contributed by atoms with E-state index >= 15 is 0 Å². The third-order valence-corrected chi connectivity index (χ3v) is 4.65. The summed E-state index contributed by atoms with van der Waals surface area (Å²) >= 11 is 0. The van der Waals surface area contributed by atoms with Crippen LogP contribution in [-0.2, 0) is 14.8 Å². The summed E-state index contributed by atoms with van der Waals surface area (Å²) in [6.07, 6.45) is 3.13. The Bertz CT molecular complexity index is 916. The summed E-state index contributed by atoms with van der Waals surface area (Å²) in [7, 11) is -3.83. The van der Waals surface area contributed by atoms with E-state index in [2.05, 4.69) is 5.32 Å². The maximum atomic E-state index is 12.0. The van der Waals surface area contributed by atoms with Crippen LogP contribution < -0.4 is 10.5 Å². The minimum Gasteiger partial charge on any atom is -0.322 e. The van der Waals surface area contributed by atoms with E-state index in [9.17, 15) is 13.2 Å². The van der Waals surface area contributed by atoms with Gasteiger partial charge < -0.3 is 5.32 Å². The number of carbonyl (C=O) groups is 1. The molecule has 3 N–H and O–H groups in total. The third kappa shape index (κ3) is 4.53. The van der Waals surface area contributed by atoms with Gasteiger partial charge in [-0.3, -0.25) is 4.79 Å². The molecule has 0 spiro atoms. The molecule has 0 aliphatic carbocycles. The zero-order chi connectivity index (χ0) is 17.9. The van der Waals surface area contributed by atoms with E-state index in [0.717, 1.165) is 16.7 Å². The SMILES string of the molecule is Cc1ccc(/C=C/C(=O)Nc2ccc(C)c(S(N)(=O)=O)c2)c(C)c1. The van der Waals surface area contributed by atoms with E-state index in [-0.39, 0.29) is 10.8 Å². The van der Waals surface area contributed by atoms with Crippen LogP contribution in [0.25, 0.3) is 6.08 Å². The lowest BCUT2D eigenvalue weighted by Gasteiger charge is -2.07. The molecule has 126 valence electrons. The van der Waals surface area contributed by atoms with Crippen LogP contribution in [0.5, 0.6) is 0 Å². The number of nitrogens with two attached hydrogens (primary N) is 1. The van der Waals surface area contributed by atoms with Gasteiger partial charge in [0.05, 0.1) is 4.90 Å². The summed E-state index contributed by atoms with van der Waals surface area (Å²) in [6, 6.07) is 10.5. The Kier molecular flexibility index (Phi) is 5.21. The highest BCUT2D eigenvalue weighted by molar-refractivity contribution is 7.89. The molecule has 6 heteroatoms. The van der Waals surface area contributed by atoms with E-state index in [1.165, 1.54) is 12.1 Å². The second-order valence-corrected chi connectivity index (χ2v) is 7.24. The van der Waals surface area contributed by atoms with Gasteiger partial charge in [-0.1, -0.05) is 29.8 Å². The van der Waals surface area contributed by atoms with Crippen LogP contribution in [-0.4, -0.2) is 14.3 Å². The lowest BCUT2D eigenvalue weighted by Crippen LogP contribution is -2.15. The van der Waals surface area contributed by atoms with Crippen LogP contribution in [0.2, 0.25) is 0 Å². The monoisotopic (exact) mass is 344 g/mol. The molecule has 0 fully saturated rings. The predicted molar refractivity (Wildman–Crippen MR) is 96.1 cm³/mol. The number of nitrogens with one attached hydrogen (secondary N) is 1. The van der Waals surface area contributed by atoms with Gasteiger partial charge in [-0.25, -0.2) is 13.6 Å². The van der Waals surface area contributed by atoms with Crippen molar-refractivity contribution in [2.24, 2.45) is 5.14 Å². The molecule has 0 unspecified atom stereocenters. The summed E-state index contributed by atoms with van der Waals surface area (Å²) in [6.45, 7) is 5.63. The summed E-state index contributed by atoms with van der Waals surface area (Å²) in [5.74, 6) is -0.348. The Morgan fingerprint density at radius 2 is 1.75 bits per heavy atom. The number of rotatable bonds is 4. The predicted octanol–water partition coefficient (Wildman–Crippen LogP) is 2.91. The summed E-state index contributed by atoms with van der Waals surface area (Å²) in [5.41, 5.74) is 4.08. The first-order valence-electron chi connectivity index (χ1n) is 7.36. The topological polar surface area (TPSA) is 89.3 Å². The maximum Gasteiger partial charge on any atom is 0.248 e. The largest absolute Gasteiger partial charge is 0.322 e. The molecule has 1 amide bonds. The van der Waals surface area contributed by atoms with Gasteiger partial charge in [0.2, 0.25) is 15.9 Å². The number of sulfonamides is 1. The van der Waals surface area contributed by atoms with Crippen molar-refractivity contribution < 1.29 is 13.2 Å². The number of hydrogen-bond donors (Lipinski definition) is 2. The molecule has 5 nitrogen and oxygen atoms in total. The molecule has 2 aromatic rings. The number of aryl methyl sites for hydroxylation is 3. The molecular formula is C18H20N2O3S. The third-order valence-electron chi connectivity index (χ3n) is 3.60. The number of amides is 1. The summed E-state index contributed by atoms with van der Waals surface area (Å²) < 4.78 is 23.0. The first-order chi connectivity index (χ1) is 11.2. The van der Waals surface area contributed by atoms with Crippen molar-refractivity contribution in [2.45, 2.75) is 25.7 Å². The van der Waals surface area contributed by atoms with Crippen molar-refractivity contribution >= 4 is 27.7 Å². The molecule has 0 aliphatic heterocycles. The van der Waals surface area contributed by atoms with Crippen LogP contribution in [0, 0.1) is 20.8 Å². The van der Waals surface area contributed by atoms with Crippen molar-refractivity contribution in [3.63, 3.8) is 0 Å². The highest BCUT2D eigenvalue weighted by Crippen LogP contribution is 2.19. The van der Waals surface area contributed by atoms with Crippen molar-refractivity contribution in [1.82, 2.24) is 0 Å². The molecule has 0 bridgehead atoms. The number of carbonyl (C=O) groups excluding carboxylic acids is 1. The van der Waals surface area contributed by atoms with Crippen molar-refractivity contribution in [3.8, 4) is 0 Å². The van der Waals surface area contributed by atoms with Gasteiger partial charge in [-0.2, -0.15) is 0 Å². The Morgan fingerprint density at radius 3 is 2.38 bits per heavy atom. The van der Waals surface area contributed by atoms with Crippen LogP contribution in [0.4, 0.5) is 5.69 Å².